The normalized spacial score (nSPS) is 14.8. The van der Waals surface area contributed by atoms with Gasteiger partial charge in [-0.25, -0.2) is 9.38 Å². The molecule has 7 nitrogen and oxygen atoms in total. The molecule has 1 fully saturated rings. The fourth-order valence-corrected chi connectivity index (χ4v) is 3.44. The number of ether oxygens (including phenoxy) is 3. The summed E-state index contributed by atoms with van der Waals surface area (Å²) < 4.78 is 31.3. The molecule has 1 atom stereocenters. The first-order valence-electron chi connectivity index (χ1n) is 11.0. The van der Waals surface area contributed by atoms with Crippen molar-refractivity contribution in [3.63, 3.8) is 0 Å². The van der Waals surface area contributed by atoms with Crippen LogP contribution >= 0.6 is 24.0 Å². The van der Waals surface area contributed by atoms with E-state index < -0.39 is 0 Å². The largest absolute Gasteiger partial charge is 0.493 e. The molecule has 0 radical (unpaired) electrons. The fourth-order valence-electron chi connectivity index (χ4n) is 3.44. The first-order chi connectivity index (χ1) is 15.6. The second-order valence-corrected chi connectivity index (χ2v) is 7.54. The number of halogens is 2. The highest BCUT2D eigenvalue weighted by atomic mass is 127. The minimum Gasteiger partial charge on any atom is -0.493 e. The van der Waals surface area contributed by atoms with E-state index in [1.54, 1.807) is 13.2 Å². The third kappa shape index (κ3) is 8.22. The Balaban J connectivity index is 0.00000385. The molecule has 1 unspecified atom stereocenters. The molecule has 2 aromatic carbocycles. The zero-order valence-electron chi connectivity index (χ0n) is 19.5. The maximum Gasteiger partial charge on any atom is 0.191 e. The van der Waals surface area contributed by atoms with E-state index in [0.29, 0.717) is 62.5 Å². The summed E-state index contributed by atoms with van der Waals surface area (Å²) in [5, 5.41) is 6.50. The number of hydrogen-bond donors (Lipinski definition) is 2. The first-order valence-corrected chi connectivity index (χ1v) is 11.0. The molecule has 0 aliphatic carbocycles. The molecule has 0 amide bonds. The fraction of sp³-hybridized carbons (Fsp3) is 0.458. The molecule has 2 N–H and O–H groups in total. The standard InChI is InChI=1S/C24H33FN4O3.HI/c1-4-26-24(27-16-18(2)32-23-8-6-5-7-22(23)30-3)28-17-19-9-10-21(20(25)15-19)29-11-13-31-14-12-29;/h5-10,15,18H,4,11-14,16-17H2,1-3H3,(H2,26,27,28);1H. The number of para-hydroxylation sites is 2. The lowest BCUT2D eigenvalue weighted by molar-refractivity contribution is 0.122. The van der Waals surface area contributed by atoms with E-state index >= 15 is 0 Å². The molecule has 1 aliphatic heterocycles. The van der Waals surface area contributed by atoms with Crippen LogP contribution in [0.1, 0.15) is 19.4 Å². The van der Waals surface area contributed by atoms with E-state index in [1.165, 1.54) is 0 Å². The number of anilines is 1. The van der Waals surface area contributed by atoms with Crippen molar-refractivity contribution in [1.29, 1.82) is 0 Å². The monoisotopic (exact) mass is 572 g/mol. The number of nitrogens with zero attached hydrogens (tertiary/aromatic N) is 2. The number of aliphatic imine (C=N–C) groups is 1. The van der Waals surface area contributed by atoms with Crippen molar-refractivity contribution in [3.05, 3.63) is 53.8 Å². The van der Waals surface area contributed by atoms with Crippen molar-refractivity contribution in [1.82, 2.24) is 10.6 Å². The van der Waals surface area contributed by atoms with Crippen LogP contribution in [0.15, 0.2) is 47.5 Å². The number of hydrogen-bond acceptors (Lipinski definition) is 5. The van der Waals surface area contributed by atoms with Gasteiger partial charge in [0.25, 0.3) is 0 Å². The van der Waals surface area contributed by atoms with Crippen LogP contribution in [0.3, 0.4) is 0 Å². The maximum absolute atomic E-state index is 14.6. The van der Waals surface area contributed by atoms with Crippen molar-refractivity contribution < 1.29 is 18.6 Å². The topological polar surface area (TPSA) is 67.4 Å². The number of methoxy groups -OCH3 is 1. The van der Waals surface area contributed by atoms with E-state index in [2.05, 4.69) is 15.6 Å². The average Bonchev–Trinajstić information content (AvgIpc) is 2.82. The van der Waals surface area contributed by atoms with Crippen LogP contribution in [-0.4, -0.2) is 58.6 Å². The third-order valence-corrected chi connectivity index (χ3v) is 5.08. The molecule has 1 aliphatic rings. The minimum atomic E-state index is -0.226. The van der Waals surface area contributed by atoms with Crippen LogP contribution < -0.4 is 25.0 Å². The zero-order chi connectivity index (χ0) is 22.8. The summed E-state index contributed by atoms with van der Waals surface area (Å²) >= 11 is 0. The number of guanidine groups is 1. The lowest BCUT2D eigenvalue weighted by Gasteiger charge is -2.29. The smallest absolute Gasteiger partial charge is 0.191 e. The van der Waals surface area contributed by atoms with E-state index in [0.717, 1.165) is 12.1 Å². The molecule has 1 heterocycles. The summed E-state index contributed by atoms with van der Waals surface area (Å²) in [5.74, 6) is 1.82. The Morgan fingerprint density at radius 2 is 1.88 bits per heavy atom. The zero-order valence-corrected chi connectivity index (χ0v) is 21.8. The van der Waals surface area contributed by atoms with Crippen LogP contribution in [0.5, 0.6) is 11.5 Å². The van der Waals surface area contributed by atoms with Gasteiger partial charge >= 0.3 is 0 Å². The highest BCUT2D eigenvalue weighted by Gasteiger charge is 2.15. The van der Waals surface area contributed by atoms with Crippen molar-refractivity contribution in [2.45, 2.75) is 26.5 Å². The Morgan fingerprint density at radius 3 is 2.55 bits per heavy atom. The SMILES string of the molecule is CCNC(=NCc1ccc(N2CCOCC2)c(F)c1)NCC(C)Oc1ccccc1OC.I. The Labute approximate surface area is 212 Å². The maximum atomic E-state index is 14.6. The van der Waals surface area contributed by atoms with Gasteiger partial charge in [-0.2, -0.15) is 0 Å². The predicted octanol–water partition coefficient (Wildman–Crippen LogP) is 3.81. The van der Waals surface area contributed by atoms with Crippen LogP contribution in [0.25, 0.3) is 0 Å². The van der Waals surface area contributed by atoms with Crippen LogP contribution in [0.2, 0.25) is 0 Å². The number of morpholine rings is 1. The Kier molecular flexibility index (Phi) is 11.5. The van der Waals surface area contributed by atoms with E-state index in [4.69, 9.17) is 14.2 Å². The predicted molar refractivity (Wildman–Crippen MR) is 141 cm³/mol. The highest BCUT2D eigenvalue weighted by molar-refractivity contribution is 14.0. The number of nitrogens with one attached hydrogen (secondary N) is 2. The van der Waals surface area contributed by atoms with Crippen molar-refractivity contribution in [2.75, 3.05) is 51.4 Å². The Hall–Kier alpha value is -2.27. The summed E-state index contributed by atoms with van der Waals surface area (Å²) in [7, 11) is 1.62. The molecule has 2 aromatic rings. The summed E-state index contributed by atoms with van der Waals surface area (Å²) in [5.41, 5.74) is 1.43. The van der Waals surface area contributed by atoms with Crippen LogP contribution in [0, 0.1) is 5.82 Å². The molecule has 182 valence electrons. The molecule has 1 saturated heterocycles. The van der Waals surface area contributed by atoms with E-state index in [1.807, 2.05) is 55.1 Å². The van der Waals surface area contributed by atoms with Gasteiger partial charge in [-0.15, -0.1) is 24.0 Å². The Bertz CT molecular complexity index is 894. The summed E-state index contributed by atoms with van der Waals surface area (Å²) in [6.07, 6.45) is -0.111. The van der Waals surface area contributed by atoms with Gasteiger partial charge in [-0.1, -0.05) is 18.2 Å². The lowest BCUT2D eigenvalue weighted by atomic mass is 10.1. The van der Waals surface area contributed by atoms with Gasteiger partial charge in [-0.05, 0) is 43.7 Å². The third-order valence-electron chi connectivity index (χ3n) is 5.08. The quantitative estimate of drug-likeness (QED) is 0.271. The molecular weight excluding hydrogens is 538 g/mol. The first kappa shape index (κ1) is 27.0. The molecule has 0 bridgehead atoms. The summed E-state index contributed by atoms with van der Waals surface area (Å²) in [6.45, 7) is 8.29. The van der Waals surface area contributed by atoms with Gasteiger partial charge in [0.2, 0.25) is 0 Å². The molecule has 9 heteroatoms. The number of rotatable bonds is 9. The molecular formula is C24H34FIN4O3. The van der Waals surface area contributed by atoms with Gasteiger partial charge in [0, 0.05) is 19.6 Å². The molecule has 0 spiro atoms. The second-order valence-electron chi connectivity index (χ2n) is 7.54. The van der Waals surface area contributed by atoms with Gasteiger partial charge in [0.15, 0.2) is 17.5 Å². The van der Waals surface area contributed by atoms with E-state index in [-0.39, 0.29) is 35.9 Å². The van der Waals surface area contributed by atoms with Crippen LogP contribution in [-0.2, 0) is 11.3 Å². The molecule has 0 aromatic heterocycles. The van der Waals surface area contributed by atoms with Gasteiger partial charge in [0.1, 0.15) is 11.9 Å². The summed E-state index contributed by atoms with van der Waals surface area (Å²) in [4.78, 5) is 6.61. The van der Waals surface area contributed by atoms with Gasteiger partial charge < -0.3 is 29.7 Å². The van der Waals surface area contributed by atoms with Crippen molar-refractivity contribution in [3.8, 4) is 11.5 Å². The van der Waals surface area contributed by atoms with E-state index in [9.17, 15) is 4.39 Å². The molecule has 3 rings (SSSR count). The second kappa shape index (κ2) is 14.1. The molecule has 33 heavy (non-hydrogen) atoms. The van der Waals surface area contributed by atoms with Crippen molar-refractivity contribution >= 4 is 35.6 Å². The van der Waals surface area contributed by atoms with Crippen LogP contribution in [0.4, 0.5) is 10.1 Å². The highest BCUT2D eigenvalue weighted by Crippen LogP contribution is 2.26. The average molecular weight is 572 g/mol. The van der Waals surface area contributed by atoms with Crippen molar-refractivity contribution in [2.24, 2.45) is 4.99 Å². The number of benzene rings is 2. The van der Waals surface area contributed by atoms with Gasteiger partial charge in [-0.3, -0.25) is 0 Å². The lowest BCUT2D eigenvalue weighted by Crippen LogP contribution is -2.41. The summed E-state index contributed by atoms with van der Waals surface area (Å²) in [6, 6.07) is 12.9. The van der Waals surface area contributed by atoms with Gasteiger partial charge in [0.05, 0.1) is 39.1 Å². The Morgan fingerprint density at radius 1 is 1.15 bits per heavy atom. The minimum absolute atomic E-state index is 0. The molecule has 0 saturated carbocycles.